The topological polar surface area (TPSA) is 51.3 Å². The van der Waals surface area contributed by atoms with E-state index in [1.165, 1.54) is 0 Å². The zero-order chi connectivity index (χ0) is 8.55. The highest BCUT2D eigenvalue weighted by atomic mass is 14.9. The number of hydrogen-bond acceptors (Lipinski definition) is 3. The maximum atomic E-state index is 5.82. The molecule has 12 heavy (non-hydrogen) atoms. The van der Waals surface area contributed by atoms with Crippen molar-refractivity contribution >= 4 is 12.0 Å². The number of nitrogens with zero attached hydrogens (tertiary/aromatic N) is 2. The Morgan fingerprint density at radius 1 is 1.50 bits per heavy atom. The first-order valence-corrected chi connectivity index (χ1v) is 4.03. The van der Waals surface area contributed by atoms with Crippen molar-refractivity contribution in [3.8, 4) is 0 Å². The molecular formula is C9H11N3. The first-order chi connectivity index (χ1) is 5.79. The number of pyridine rings is 1. The van der Waals surface area contributed by atoms with E-state index >= 15 is 0 Å². The molecule has 1 aliphatic heterocycles. The summed E-state index contributed by atoms with van der Waals surface area (Å²) >= 11 is 0. The molecule has 0 fully saturated rings. The Kier molecular flexibility index (Phi) is 1.66. The monoisotopic (exact) mass is 161 g/mol. The summed E-state index contributed by atoms with van der Waals surface area (Å²) in [5.41, 5.74) is 6.96. The number of nitrogens with two attached hydrogens (primary N) is 1. The Bertz CT molecular complexity index is 319. The Hall–Kier alpha value is -1.22. The van der Waals surface area contributed by atoms with Crippen LogP contribution in [0.3, 0.4) is 0 Å². The molecule has 1 aromatic rings. The molecule has 0 saturated heterocycles. The molecule has 3 heteroatoms. The van der Waals surface area contributed by atoms with Crippen LogP contribution in [0.5, 0.6) is 0 Å². The van der Waals surface area contributed by atoms with E-state index in [1.54, 1.807) is 12.4 Å². The summed E-state index contributed by atoms with van der Waals surface area (Å²) < 4.78 is 0. The molecule has 3 nitrogen and oxygen atoms in total. The van der Waals surface area contributed by atoms with Crippen molar-refractivity contribution in [2.24, 2.45) is 10.7 Å². The minimum Gasteiger partial charge on any atom is -0.323 e. The molecule has 0 radical (unpaired) electrons. The molecule has 0 aromatic carbocycles. The lowest BCUT2D eigenvalue weighted by Gasteiger charge is -2.21. The maximum Gasteiger partial charge on any atom is 0.155 e. The van der Waals surface area contributed by atoms with Crippen LogP contribution in [0.2, 0.25) is 0 Å². The second-order valence-corrected chi connectivity index (χ2v) is 3.06. The Balaban J connectivity index is 2.52. The van der Waals surface area contributed by atoms with Gasteiger partial charge in [0.1, 0.15) is 0 Å². The molecule has 0 amide bonds. The van der Waals surface area contributed by atoms with Crippen molar-refractivity contribution in [3.05, 3.63) is 23.9 Å². The fourth-order valence-corrected chi connectivity index (χ4v) is 1.37. The van der Waals surface area contributed by atoms with Crippen molar-refractivity contribution in [3.63, 3.8) is 0 Å². The van der Waals surface area contributed by atoms with Crippen LogP contribution in [0, 0.1) is 0 Å². The summed E-state index contributed by atoms with van der Waals surface area (Å²) in [5.74, 6) is 1.14. The van der Waals surface area contributed by atoms with Crippen LogP contribution in [0.25, 0.3) is 0 Å². The van der Waals surface area contributed by atoms with E-state index in [-0.39, 0.29) is 6.04 Å². The molecule has 0 bridgehead atoms. The van der Waals surface area contributed by atoms with Gasteiger partial charge in [0.15, 0.2) is 5.82 Å². The van der Waals surface area contributed by atoms with E-state index in [0.29, 0.717) is 5.92 Å². The normalized spacial score (nSPS) is 26.8. The van der Waals surface area contributed by atoms with Gasteiger partial charge < -0.3 is 5.73 Å². The number of aliphatic imine (C=N–C) groups is 1. The van der Waals surface area contributed by atoms with E-state index in [4.69, 9.17) is 5.73 Å². The van der Waals surface area contributed by atoms with Gasteiger partial charge in [0.25, 0.3) is 0 Å². The summed E-state index contributed by atoms with van der Waals surface area (Å²) in [4.78, 5) is 8.31. The highest BCUT2D eigenvalue weighted by Gasteiger charge is 2.20. The summed E-state index contributed by atoms with van der Waals surface area (Å²) in [5, 5.41) is 0. The van der Waals surface area contributed by atoms with Gasteiger partial charge >= 0.3 is 0 Å². The Labute approximate surface area is 71.3 Å². The fourth-order valence-electron chi connectivity index (χ4n) is 1.37. The van der Waals surface area contributed by atoms with Crippen molar-refractivity contribution in [2.75, 3.05) is 0 Å². The molecule has 1 aliphatic rings. The molecule has 2 heterocycles. The predicted octanol–water partition coefficient (Wildman–Crippen LogP) is 1.23. The standard InChI is InChI=1S/C9H11N3/c1-6-7-3-2-4-11-9(7)12-5-8(6)10/h2-6,8H,10H2,1H3/t6-,8+/m0/s1. The van der Waals surface area contributed by atoms with E-state index in [1.807, 2.05) is 12.1 Å². The van der Waals surface area contributed by atoms with Crippen molar-refractivity contribution in [1.29, 1.82) is 0 Å². The molecule has 2 N–H and O–H groups in total. The summed E-state index contributed by atoms with van der Waals surface area (Å²) in [6.07, 6.45) is 3.51. The van der Waals surface area contributed by atoms with Crippen LogP contribution < -0.4 is 5.73 Å². The van der Waals surface area contributed by atoms with Crippen LogP contribution in [0.1, 0.15) is 18.4 Å². The Morgan fingerprint density at radius 3 is 3.17 bits per heavy atom. The molecule has 62 valence electrons. The van der Waals surface area contributed by atoms with Gasteiger partial charge in [0.05, 0.1) is 0 Å². The highest BCUT2D eigenvalue weighted by molar-refractivity contribution is 5.73. The first kappa shape index (κ1) is 7.43. The van der Waals surface area contributed by atoms with E-state index < -0.39 is 0 Å². The number of aromatic nitrogens is 1. The van der Waals surface area contributed by atoms with Gasteiger partial charge in [0, 0.05) is 29.9 Å². The summed E-state index contributed by atoms with van der Waals surface area (Å²) in [6, 6.07) is 3.98. The van der Waals surface area contributed by atoms with Gasteiger partial charge in [-0.3, -0.25) is 0 Å². The molecule has 0 aliphatic carbocycles. The van der Waals surface area contributed by atoms with Crippen LogP contribution in [0.15, 0.2) is 23.3 Å². The first-order valence-electron chi connectivity index (χ1n) is 4.03. The fraction of sp³-hybridized carbons (Fsp3) is 0.333. The van der Waals surface area contributed by atoms with Crippen molar-refractivity contribution in [1.82, 2.24) is 4.98 Å². The quantitative estimate of drug-likeness (QED) is 0.622. The molecule has 0 spiro atoms. The van der Waals surface area contributed by atoms with Crippen molar-refractivity contribution < 1.29 is 0 Å². The lowest BCUT2D eigenvalue weighted by molar-refractivity contribution is 0.688. The van der Waals surface area contributed by atoms with Crippen LogP contribution >= 0.6 is 0 Å². The zero-order valence-corrected chi connectivity index (χ0v) is 6.94. The van der Waals surface area contributed by atoms with Gasteiger partial charge in [-0.05, 0) is 6.07 Å². The van der Waals surface area contributed by atoms with Gasteiger partial charge in [-0.2, -0.15) is 0 Å². The van der Waals surface area contributed by atoms with Gasteiger partial charge in [-0.15, -0.1) is 0 Å². The highest BCUT2D eigenvalue weighted by Crippen LogP contribution is 2.28. The average molecular weight is 161 g/mol. The number of fused-ring (bicyclic) bond motifs is 1. The number of hydrogen-bond donors (Lipinski definition) is 1. The largest absolute Gasteiger partial charge is 0.323 e. The molecule has 0 unspecified atom stereocenters. The van der Waals surface area contributed by atoms with E-state index in [9.17, 15) is 0 Å². The zero-order valence-electron chi connectivity index (χ0n) is 6.94. The second kappa shape index (κ2) is 2.68. The maximum absolute atomic E-state index is 5.82. The average Bonchev–Trinajstić information content (AvgIpc) is 2.12. The van der Waals surface area contributed by atoms with Crippen LogP contribution in [-0.2, 0) is 0 Å². The summed E-state index contributed by atoms with van der Waals surface area (Å²) in [7, 11) is 0. The SMILES string of the molecule is C[C@H]1c2cccnc2N=C[C@H]1N. The van der Waals surface area contributed by atoms with Gasteiger partial charge in [-0.25, -0.2) is 9.98 Å². The third kappa shape index (κ3) is 1.02. The molecule has 2 rings (SSSR count). The van der Waals surface area contributed by atoms with E-state index in [2.05, 4.69) is 16.9 Å². The minimum atomic E-state index is 0.0294. The van der Waals surface area contributed by atoms with Gasteiger partial charge in [-0.1, -0.05) is 13.0 Å². The van der Waals surface area contributed by atoms with Crippen LogP contribution in [-0.4, -0.2) is 17.2 Å². The summed E-state index contributed by atoms with van der Waals surface area (Å²) in [6.45, 7) is 2.09. The molecule has 1 aromatic heterocycles. The third-order valence-corrected chi connectivity index (χ3v) is 2.25. The van der Waals surface area contributed by atoms with Crippen LogP contribution in [0.4, 0.5) is 5.82 Å². The minimum absolute atomic E-state index is 0.0294. The van der Waals surface area contributed by atoms with Gasteiger partial charge in [0.2, 0.25) is 0 Å². The predicted molar refractivity (Wildman–Crippen MR) is 48.8 cm³/mol. The molecule has 0 saturated carbocycles. The molecule has 2 atom stereocenters. The Morgan fingerprint density at radius 2 is 2.33 bits per heavy atom. The second-order valence-electron chi connectivity index (χ2n) is 3.06. The lowest BCUT2D eigenvalue weighted by atomic mass is 9.93. The lowest BCUT2D eigenvalue weighted by Crippen LogP contribution is -2.30. The van der Waals surface area contributed by atoms with Crippen molar-refractivity contribution in [2.45, 2.75) is 18.9 Å². The third-order valence-electron chi connectivity index (χ3n) is 2.25. The molecular weight excluding hydrogens is 150 g/mol. The van der Waals surface area contributed by atoms with E-state index in [0.717, 1.165) is 11.4 Å². The number of rotatable bonds is 0. The smallest absolute Gasteiger partial charge is 0.155 e.